The Bertz CT molecular complexity index is 291. The van der Waals surface area contributed by atoms with Crippen molar-refractivity contribution in [1.82, 2.24) is 4.90 Å². The van der Waals surface area contributed by atoms with Gasteiger partial charge in [0.2, 0.25) is 5.91 Å². The Kier molecular flexibility index (Phi) is 4.93. The van der Waals surface area contributed by atoms with Crippen LogP contribution >= 0.6 is 0 Å². The first-order valence-corrected chi connectivity index (χ1v) is 6.11. The summed E-state index contributed by atoms with van der Waals surface area (Å²) in [7, 11) is 1.34. The molecule has 1 fully saturated rings. The van der Waals surface area contributed by atoms with E-state index in [0.29, 0.717) is 25.3 Å². The van der Waals surface area contributed by atoms with Gasteiger partial charge in [0.15, 0.2) is 0 Å². The molecule has 1 rings (SSSR count). The van der Waals surface area contributed by atoms with Gasteiger partial charge in [0.05, 0.1) is 13.2 Å². The summed E-state index contributed by atoms with van der Waals surface area (Å²) in [5.74, 6) is -0.104. The average Bonchev–Trinajstić information content (AvgIpc) is 2.74. The first kappa shape index (κ1) is 14.0. The summed E-state index contributed by atoms with van der Waals surface area (Å²) in [6.07, 6.45) is 2.15. The highest BCUT2D eigenvalue weighted by Gasteiger charge is 2.36. The van der Waals surface area contributed by atoms with Crippen LogP contribution in [0.15, 0.2) is 0 Å². The SMILES string of the molecule is COC(=O)C1CCCN1C(=O)[C@@H](N)CC(C)C. The molecule has 0 saturated carbocycles. The summed E-state index contributed by atoms with van der Waals surface area (Å²) >= 11 is 0. The molecule has 2 atom stereocenters. The van der Waals surface area contributed by atoms with Crippen LogP contribution in [0.5, 0.6) is 0 Å². The third kappa shape index (κ3) is 3.43. The molecule has 2 N–H and O–H groups in total. The van der Waals surface area contributed by atoms with Gasteiger partial charge in [0.25, 0.3) is 0 Å². The van der Waals surface area contributed by atoms with Crippen LogP contribution < -0.4 is 5.73 Å². The van der Waals surface area contributed by atoms with Gasteiger partial charge in [-0.1, -0.05) is 13.8 Å². The van der Waals surface area contributed by atoms with Gasteiger partial charge in [0.1, 0.15) is 6.04 Å². The molecule has 1 saturated heterocycles. The number of esters is 1. The molecule has 1 aliphatic heterocycles. The van der Waals surface area contributed by atoms with Gasteiger partial charge in [-0.3, -0.25) is 4.79 Å². The fourth-order valence-corrected chi connectivity index (χ4v) is 2.23. The van der Waals surface area contributed by atoms with Gasteiger partial charge in [-0.15, -0.1) is 0 Å². The van der Waals surface area contributed by atoms with Crippen molar-refractivity contribution in [2.75, 3.05) is 13.7 Å². The van der Waals surface area contributed by atoms with E-state index in [9.17, 15) is 9.59 Å². The Morgan fingerprint density at radius 3 is 2.65 bits per heavy atom. The maximum atomic E-state index is 12.1. The Balaban J connectivity index is 2.64. The summed E-state index contributed by atoms with van der Waals surface area (Å²) in [6, 6.07) is -0.953. The number of ether oxygens (including phenoxy) is 1. The van der Waals surface area contributed by atoms with Gasteiger partial charge in [-0.25, -0.2) is 4.79 Å². The normalized spacial score (nSPS) is 21.7. The van der Waals surface area contributed by atoms with Crippen LogP contribution in [0.1, 0.15) is 33.1 Å². The lowest BCUT2D eigenvalue weighted by atomic mass is 10.0. The molecule has 0 radical (unpaired) electrons. The van der Waals surface area contributed by atoms with Crippen LogP contribution in [0.25, 0.3) is 0 Å². The first-order chi connectivity index (χ1) is 7.97. The lowest BCUT2D eigenvalue weighted by Gasteiger charge is -2.26. The van der Waals surface area contributed by atoms with E-state index in [0.717, 1.165) is 6.42 Å². The Morgan fingerprint density at radius 2 is 2.12 bits per heavy atom. The van der Waals surface area contributed by atoms with Crippen LogP contribution in [0.2, 0.25) is 0 Å². The number of amides is 1. The molecular formula is C12H22N2O3. The smallest absolute Gasteiger partial charge is 0.328 e. The quantitative estimate of drug-likeness (QED) is 0.730. The van der Waals surface area contributed by atoms with E-state index in [1.807, 2.05) is 13.8 Å². The number of carbonyl (C=O) groups excluding carboxylic acids is 2. The molecule has 1 amide bonds. The number of carbonyl (C=O) groups is 2. The largest absolute Gasteiger partial charge is 0.467 e. The van der Waals surface area contributed by atoms with Crippen LogP contribution in [0, 0.1) is 5.92 Å². The fraction of sp³-hybridized carbons (Fsp3) is 0.833. The molecule has 0 bridgehead atoms. The minimum atomic E-state index is -0.514. The van der Waals surface area contributed by atoms with Crippen molar-refractivity contribution >= 4 is 11.9 Å². The molecule has 5 heteroatoms. The second-order valence-electron chi connectivity index (χ2n) is 4.95. The Morgan fingerprint density at radius 1 is 1.47 bits per heavy atom. The van der Waals surface area contributed by atoms with Crippen molar-refractivity contribution in [3.63, 3.8) is 0 Å². The third-order valence-electron chi connectivity index (χ3n) is 3.05. The molecule has 0 aromatic rings. The van der Waals surface area contributed by atoms with Crippen LogP contribution in [0.3, 0.4) is 0 Å². The van der Waals surface area contributed by atoms with Crippen molar-refractivity contribution in [1.29, 1.82) is 0 Å². The topological polar surface area (TPSA) is 72.6 Å². The zero-order valence-electron chi connectivity index (χ0n) is 10.8. The predicted molar refractivity (Wildman–Crippen MR) is 64.2 cm³/mol. The van der Waals surface area contributed by atoms with Crippen molar-refractivity contribution < 1.29 is 14.3 Å². The van der Waals surface area contributed by atoms with E-state index in [1.54, 1.807) is 4.90 Å². The van der Waals surface area contributed by atoms with Crippen molar-refractivity contribution in [3.05, 3.63) is 0 Å². The van der Waals surface area contributed by atoms with Gasteiger partial charge in [0, 0.05) is 6.54 Å². The van der Waals surface area contributed by atoms with E-state index in [4.69, 9.17) is 10.5 Å². The molecule has 1 heterocycles. The standard InChI is InChI=1S/C12H22N2O3/c1-8(2)7-9(13)11(15)14-6-4-5-10(14)12(16)17-3/h8-10H,4-7,13H2,1-3H3/t9-,10?/m0/s1. The van der Waals surface area contributed by atoms with Crippen LogP contribution in [-0.2, 0) is 14.3 Å². The first-order valence-electron chi connectivity index (χ1n) is 6.11. The van der Waals surface area contributed by atoms with E-state index < -0.39 is 12.1 Å². The van der Waals surface area contributed by atoms with E-state index in [-0.39, 0.29) is 11.9 Å². The number of rotatable bonds is 4. The summed E-state index contributed by atoms with van der Waals surface area (Å²) < 4.78 is 4.70. The van der Waals surface area contributed by atoms with E-state index >= 15 is 0 Å². The molecule has 0 aliphatic carbocycles. The van der Waals surface area contributed by atoms with Crippen LogP contribution in [0.4, 0.5) is 0 Å². The highest BCUT2D eigenvalue weighted by molar-refractivity contribution is 5.88. The van der Waals surface area contributed by atoms with Gasteiger partial charge >= 0.3 is 5.97 Å². The molecule has 17 heavy (non-hydrogen) atoms. The molecule has 0 aromatic carbocycles. The molecule has 1 unspecified atom stereocenters. The number of methoxy groups -OCH3 is 1. The zero-order chi connectivity index (χ0) is 13.0. The summed E-state index contributed by atoms with van der Waals surface area (Å²) in [5, 5.41) is 0. The number of nitrogens with zero attached hydrogens (tertiary/aromatic N) is 1. The molecule has 5 nitrogen and oxygen atoms in total. The summed E-state index contributed by atoms with van der Waals surface area (Å²) in [6.45, 7) is 4.65. The molecule has 0 spiro atoms. The monoisotopic (exact) mass is 242 g/mol. The predicted octanol–water partition coefficient (Wildman–Crippen LogP) is 0.524. The minimum Gasteiger partial charge on any atom is -0.467 e. The molecule has 0 aromatic heterocycles. The lowest BCUT2D eigenvalue weighted by molar-refractivity contribution is -0.151. The number of likely N-dealkylation sites (tertiary alicyclic amines) is 1. The maximum absolute atomic E-state index is 12.1. The minimum absolute atomic E-state index is 0.133. The van der Waals surface area contributed by atoms with Crippen molar-refractivity contribution in [3.8, 4) is 0 Å². The number of hydrogen-bond donors (Lipinski definition) is 1. The molecule has 98 valence electrons. The molecular weight excluding hydrogens is 220 g/mol. The number of hydrogen-bond acceptors (Lipinski definition) is 4. The molecule has 1 aliphatic rings. The van der Waals surface area contributed by atoms with Crippen LogP contribution in [-0.4, -0.2) is 42.5 Å². The van der Waals surface area contributed by atoms with E-state index in [1.165, 1.54) is 7.11 Å². The maximum Gasteiger partial charge on any atom is 0.328 e. The lowest BCUT2D eigenvalue weighted by Crippen LogP contribution is -2.49. The van der Waals surface area contributed by atoms with E-state index in [2.05, 4.69) is 0 Å². The highest BCUT2D eigenvalue weighted by atomic mass is 16.5. The van der Waals surface area contributed by atoms with Gasteiger partial charge < -0.3 is 15.4 Å². The van der Waals surface area contributed by atoms with Crippen molar-refractivity contribution in [2.45, 2.75) is 45.2 Å². The Hall–Kier alpha value is -1.10. The zero-order valence-corrected chi connectivity index (χ0v) is 10.8. The van der Waals surface area contributed by atoms with Gasteiger partial charge in [-0.05, 0) is 25.2 Å². The Labute approximate surface area is 102 Å². The van der Waals surface area contributed by atoms with Crippen molar-refractivity contribution in [2.24, 2.45) is 11.7 Å². The number of nitrogens with two attached hydrogens (primary N) is 1. The van der Waals surface area contributed by atoms with Gasteiger partial charge in [-0.2, -0.15) is 0 Å². The second-order valence-corrected chi connectivity index (χ2v) is 4.95. The third-order valence-corrected chi connectivity index (χ3v) is 3.05. The fourth-order valence-electron chi connectivity index (χ4n) is 2.23. The average molecular weight is 242 g/mol. The summed E-state index contributed by atoms with van der Waals surface area (Å²) in [4.78, 5) is 25.2. The summed E-state index contributed by atoms with van der Waals surface area (Å²) in [5.41, 5.74) is 5.86. The highest BCUT2D eigenvalue weighted by Crippen LogP contribution is 2.20. The second kappa shape index (κ2) is 6.00.